The molecule has 0 saturated heterocycles. The topological polar surface area (TPSA) is 24.5 Å². The van der Waals surface area contributed by atoms with Gasteiger partial charge in [-0.3, -0.25) is 4.90 Å². The second-order valence-corrected chi connectivity index (χ2v) is 6.27. The highest BCUT2D eigenvalue weighted by Gasteiger charge is 2.40. The third-order valence-electron chi connectivity index (χ3n) is 4.68. The van der Waals surface area contributed by atoms with E-state index in [-0.39, 0.29) is 0 Å². The molecule has 0 radical (unpaired) electrons. The van der Waals surface area contributed by atoms with Gasteiger partial charge in [0.25, 0.3) is 0 Å². The van der Waals surface area contributed by atoms with E-state index in [2.05, 4.69) is 48.3 Å². The highest BCUT2D eigenvalue weighted by atomic mass is 16.5. The number of ether oxygens (including phenoxy) is 1. The number of nitrogens with one attached hydrogen (secondary N) is 1. The predicted octanol–water partition coefficient (Wildman–Crippen LogP) is 3.36. The van der Waals surface area contributed by atoms with Crippen molar-refractivity contribution >= 4 is 0 Å². The van der Waals surface area contributed by atoms with Gasteiger partial charge in [-0.25, -0.2) is 0 Å². The summed E-state index contributed by atoms with van der Waals surface area (Å²) in [4.78, 5) is 2.72. The lowest BCUT2D eigenvalue weighted by Crippen LogP contribution is -2.51. The quantitative estimate of drug-likeness (QED) is 0.832. The molecule has 0 bridgehead atoms. The first-order chi connectivity index (χ1) is 10.3. The van der Waals surface area contributed by atoms with E-state index in [1.807, 2.05) is 0 Å². The largest absolute Gasteiger partial charge is 0.492 e. The molecule has 3 rings (SSSR count). The highest BCUT2D eigenvalue weighted by molar-refractivity contribution is 5.39. The first-order valence-electron chi connectivity index (χ1n) is 8.56. The maximum absolute atomic E-state index is 6.07. The van der Waals surface area contributed by atoms with E-state index in [9.17, 15) is 0 Å². The molecule has 2 unspecified atom stereocenters. The molecule has 1 saturated carbocycles. The molecule has 1 heterocycles. The fourth-order valence-electron chi connectivity index (χ4n) is 3.47. The zero-order valence-electron chi connectivity index (χ0n) is 13.3. The summed E-state index contributed by atoms with van der Waals surface area (Å²) in [5.74, 6) is 1.06. The summed E-state index contributed by atoms with van der Waals surface area (Å²) in [7, 11) is 0. The highest BCUT2D eigenvalue weighted by Crippen LogP contribution is 2.38. The van der Waals surface area contributed by atoms with Gasteiger partial charge in [0, 0.05) is 11.6 Å². The summed E-state index contributed by atoms with van der Waals surface area (Å²) >= 11 is 0. The molecular formula is C18H28N2O. The third-order valence-corrected chi connectivity index (χ3v) is 4.68. The van der Waals surface area contributed by atoms with Gasteiger partial charge < -0.3 is 10.1 Å². The zero-order chi connectivity index (χ0) is 14.7. The molecule has 1 aliphatic carbocycles. The number of hydrogen-bond acceptors (Lipinski definition) is 3. The van der Waals surface area contributed by atoms with Crippen molar-refractivity contribution in [3.63, 3.8) is 0 Å². The Kier molecular flexibility index (Phi) is 4.81. The van der Waals surface area contributed by atoms with Crippen LogP contribution in [-0.4, -0.2) is 36.7 Å². The Labute approximate surface area is 128 Å². The summed E-state index contributed by atoms with van der Waals surface area (Å²) < 4.78 is 6.07. The Morgan fingerprint density at radius 3 is 2.76 bits per heavy atom. The van der Waals surface area contributed by atoms with E-state index in [0.717, 1.165) is 24.9 Å². The van der Waals surface area contributed by atoms with Crippen molar-refractivity contribution in [3.05, 3.63) is 29.8 Å². The Hall–Kier alpha value is -1.06. The normalized spacial score (nSPS) is 24.7. The second-order valence-electron chi connectivity index (χ2n) is 6.27. The van der Waals surface area contributed by atoms with Crippen LogP contribution in [-0.2, 0) is 0 Å². The molecule has 2 aliphatic rings. The van der Waals surface area contributed by atoms with Crippen molar-refractivity contribution in [2.24, 2.45) is 0 Å². The van der Waals surface area contributed by atoms with Crippen LogP contribution in [0.4, 0.5) is 0 Å². The molecule has 1 N–H and O–H groups in total. The maximum Gasteiger partial charge on any atom is 0.124 e. The summed E-state index contributed by atoms with van der Waals surface area (Å²) in [5.41, 5.74) is 1.33. The Morgan fingerprint density at radius 2 is 2.05 bits per heavy atom. The van der Waals surface area contributed by atoms with E-state index in [1.165, 1.54) is 37.8 Å². The molecule has 116 valence electrons. The molecule has 1 aromatic rings. The van der Waals surface area contributed by atoms with Crippen molar-refractivity contribution < 1.29 is 4.74 Å². The van der Waals surface area contributed by atoms with Crippen LogP contribution in [0.5, 0.6) is 5.75 Å². The second kappa shape index (κ2) is 6.80. The van der Waals surface area contributed by atoms with Crippen molar-refractivity contribution in [1.82, 2.24) is 10.2 Å². The molecule has 3 nitrogen and oxygen atoms in total. The number of likely N-dealkylation sites (N-methyl/N-ethyl adjacent to an activating group) is 1. The monoisotopic (exact) mass is 288 g/mol. The molecular weight excluding hydrogens is 260 g/mol. The molecule has 1 fully saturated rings. The standard InChI is InChI=1S/C18H28N2O/c1-3-5-12-20(14-10-11-14)16-13-21-17-9-7-6-8-15(17)18(16)19-4-2/h6-9,14,16,18-19H,3-5,10-13H2,1-2H3. The van der Waals surface area contributed by atoms with Gasteiger partial charge >= 0.3 is 0 Å². The van der Waals surface area contributed by atoms with E-state index < -0.39 is 0 Å². The number of benzene rings is 1. The minimum atomic E-state index is 0.400. The van der Waals surface area contributed by atoms with Crippen molar-refractivity contribution in [3.8, 4) is 5.75 Å². The van der Waals surface area contributed by atoms with Gasteiger partial charge in [0.2, 0.25) is 0 Å². The van der Waals surface area contributed by atoms with Crippen molar-refractivity contribution in [2.45, 2.75) is 57.7 Å². The van der Waals surface area contributed by atoms with Gasteiger partial charge in [-0.1, -0.05) is 38.5 Å². The average Bonchev–Trinajstić information content (AvgIpc) is 3.34. The van der Waals surface area contributed by atoms with Crippen LogP contribution in [0.1, 0.15) is 51.1 Å². The lowest BCUT2D eigenvalue weighted by atomic mass is 9.94. The minimum absolute atomic E-state index is 0.400. The molecule has 0 spiro atoms. The van der Waals surface area contributed by atoms with Crippen LogP contribution >= 0.6 is 0 Å². The zero-order valence-corrected chi connectivity index (χ0v) is 13.3. The van der Waals surface area contributed by atoms with Crippen LogP contribution in [0.3, 0.4) is 0 Å². The first-order valence-corrected chi connectivity index (χ1v) is 8.56. The number of para-hydroxylation sites is 1. The number of rotatable bonds is 7. The van der Waals surface area contributed by atoms with Gasteiger partial charge in [-0.15, -0.1) is 0 Å². The minimum Gasteiger partial charge on any atom is -0.492 e. The fraction of sp³-hybridized carbons (Fsp3) is 0.667. The smallest absolute Gasteiger partial charge is 0.124 e. The van der Waals surface area contributed by atoms with E-state index in [1.54, 1.807) is 0 Å². The van der Waals surface area contributed by atoms with Crippen LogP contribution in [0.25, 0.3) is 0 Å². The van der Waals surface area contributed by atoms with Crippen molar-refractivity contribution in [2.75, 3.05) is 19.7 Å². The van der Waals surface area contributed by atoms with E-state index in [4.69, 9.17) is 4.74 Å². The van der Waals surface area contributed by atoms with Gasteiger partial charge in [0.05, 0.1) is 12.1 Å². The lowest BCUT2D eigenvalue weighted by molar-refractivity contribution is 0.0784. The Balaban J connectivity index is 1.83. The van der Waals surface area contributed by atoms with Gasteiger partial charge in [0.1, 0.15) is 12.4 Å². The lowest BCUT2D eigenvalue weighted by Gasteiger charge is -2.41. The van der Waals surface area contributed by atoms with Crippen LogP contribution < -0.4 is 10.1 Å². The average molecular weight is 288 g/mol. The molecule has 0 amide bonds. The van der Waals surface area contributed by atoms with Gasteiger partial charge in [-0.2, -0.15) is 0 Å². The Bertz CT molecular complexity index is 458. The van der Waals surface area contributed by atoms with E-state index in [0.29, 0.717) is 12.1 Å². The number of unbranched alkanes of at least 4 members (excludes halogenated alkanes) is 1. The Morgan fingerprint density at radius 1 is 1.24 bits per heavy atom. The van der Waals surface area contributed by atoms with Crippen molar-refractivity contribution in [1.29, 1.82) is 0 Å². The summed E-state index contributed by atoms with van der Waals surface area (Å²) in [6.07, 6.45) is 5.27. The van der Waals surface area contributed by atoms with Gasteiger partial charge in [0.15, 0.2) is 0 Å². The summed E-state index contributed by atoms with van der Waals surface area (Å²) in [5, 5.41) is 3.71. The molecule has 1 aromatic carbocycles. The number of hydrogen-bond donors (Lipinski definition) is 1. The molecule has 0 aromatic heterocycles. The fourth-order valence-corrected chi connectivity index (χ4v) is 3.47. The number of nitrogens with zero attached hydrogens (tertiary/aromatic N) is 1. The maximum atomic E-state index is 6.07. The van der Waals surface area contributed by atoms with Crippen LogP contribution in [0, 0.1) is 0 Å². The van der Waals surface area contributed by atoms with Gasteiger partial charge in [-0.05, 0) is 38.4 Å². The first kappa shape index (κ1) is 14.9. The summed E-state index contributed by atoms with van der Waals surface area (Å²) in [6, 6.07) is 10.2. The molecule has 21 heavy (non-hydrogen) atoms. The third kappa shape index (κ3) is 3.24. The molecule has 1 aliphatic heterocycles. The summed E-state index contributed by atoms with van der Waals surface area (Å²) in [6.45, 7) is 7.50. The SMILES string of the molecule is CCCCN(C1CC1)C1COc2ccccc2C1NCC. The molecule has 2 atom stereocenters. The van der Waals surface area contributed by atoms with Crippen LogP contribution in [0.15, 0.2) is 24.3 Å². The predicted molar refractivity (Wildman–Crippen MR) is 86.8 cm³/mol. The van der Waals surface area contributed by atoms with Crippen LogP contribution in [0.2, 0.25) is 0 Å². The number of fused-ring (bicyclic) bond motifs is 1. The molecule has 3 heteroatoms. The van der Waals surface area contributed by atoms with E-state index >= 15 is 0 Å².